The van der Waals surface area contributed by atoms with Gasteiger partial charge in [-0.3, -0.25) is 9.59 Å². The van der Waals surface area contributed by atoms with E-state index >= 15 is 0 Å². The highest BCUT2D eigenvalue weighted by atomic mass is 35.5. The van der Waals surface area contributed by atoms with Gasteiger partial charge in [0.2, 0.25) is 0 Å². The van der Waals surface area contributed by atoms with Gasteiger partial charge in [0, 0.05) is 0 Å². The second kappa shape index (κ2) is 7.94. The van der Waals surface area contributed by atoms with Gasteiger partial charge in [0.15, 0.2) is 17.3 Å². The van der Waals surface area contributed by atoms with Gasteiger partial charge in [-0.2, -0.15) is 0 Å². The van der Waals surface area contributed by atoms with Crippen LogP contribution in [0.15, 0.2) is 42.5 Å². The molecule has 0 aliphatic carbocycles. The zero-order chi connectivity index (χ0) is 16.8. The number of hydrogen-bond donors (Lipinski definition) is 0. The van der Waals surface area contributed by atoms with Crippen LogP contribution in [-0.2, 0) is 9.59 Å². The Morgan fingerprint density at radius 1 is 0.870 bits per heavy atom. The Labute approximate surface area is 141 Å². The van der Waals surface area contributed by atoms with Crippen LogP contribution in [0.3, 0.4) is 0 Å². The van der Waals surface area contributed by atoms with Crippen molar-refractivity contribution in [3.05, 3.63) is 58.3 Å². The molecule has 0 fully saturated rings. The number of ether oxygens (including phenoxy) is 2. The van der Waals surface area contributed by atoms with Crippen molar-refractivity contribution in [2.24, 2.45) is 0 Å². The normalized spacial score (nSPS) is 10.2. The quantitative estimate of drug-likeness (QED) is 0.587. The van der Waals surface area contributed by atoms with E-state index in [-0.39, 0.29) is 34.4 Å². The summed E-state index contributed by atoms with van der Waals surface area (Å²) in [5.74, 6) is -2.17. The van der Waals surface area contributed by atoms with E-state index in [0.29, 0.717) is 0 Å². The summed E-state index contributed by atoms with van der Waals surface area (Å²) in [6.07, 6.45) is -0.499. The van der Waals surface area contributed by atoms with Crippen molar-refractivity contribution >= 4 is 35.1 Å². The lowest BCUT2D eigenvalue weighted by Gasteiger charge is -2.07. The van der Waals surface area contributed by atoms with Crippen molar-refractivity contribution in [2.45, 2.75) is 12.8 Å². The molecule has 0 atom stereocenters. The lowest BCUT2D eigenvalue weighted by Crippen LogP contribution is -2.14. The maximum atomic E-state index is 13.3. The number of esters is 2. The average Bonchev–Trinajstić information content (AvgIpc) is 2.52. The fourth-order valence-corrected chi connectivity index (χ4v) is 1.97. The van der Waals surface area contributed by atoms with E-state index in [4.69, 9.17) is 32.7 Å². The van der Waals surface area contributed by atoms with Crippen LogP contribution in [0.1, 0.15) is 12.8 Å². The standard InChI is InChI=1S/C16H11Cl2FO4/c17-10-4-3-7-13(16(10)18)23-15(21)9-8-14(20)22-12-6-2-1-5-11(12)19/h1-7H,8-9H2. The number of benzene rings is 2. The minimum atomic E-state index is -0.746. The van der Waals surface area contributed by atoms with Gasteiger partial charge < -0.3 is 9.47 Å². The van der Waals surface area contributed by atoms with Crippen LogP contribution in [0.25, 0.3) is 0 Å². The van der Waals surface area contributed by atoms with Crippen LogP contribution >= 0.6 is 23.2 Å². The molecule has 0 bridgehead atoms. The van der Waals surface area contributed by atoms with E-state index in [1.54, 1.807) is 12.1 Å². The van der Waals surface area contributed by atoms with E-state index in [9.17, 15) is 14.0 Å². The molecule has 0 saturated carbocycles. The fraction of sp³-hybridized carbons (Fsp3) is 0.125. The van der Waals surface area contributed by atoms with Gasteiger partial charge >= 0.3 is 11.9 Å². The van der Waals surface area contributed by atoms with Crippen LogP contribution in [0.5, 0.6) is 11.5 Å². The Morgan fingerprint density at radius 3 is 2.09 bits per heavy atom. The summed E-state index contributed by atoms with van der Waals surface area (Å²) in [4.78, 5) is 23.3. The molecule has 0 saturated heterocycles. The minimum absolute atomic E-state index is 0.103. The zero-order valence-electron chi connectivity index (χ0n) is 11.7. The van der Waals surface area contributed by atoms with E-state index in [0.717, 1.165) is 6.07 Å². The Morgan fingerprint density at radius 2 is 1.43 bits per heavy atom. The molecule has 2 rings (SSSR count). The Balaban J connectivity index is 1.86. The fourth-order valence-electron chi connectivity index (χ4n) is 1.64. The molecule has 23 heavy (non-hydrogen) atoms. The Bertz CT molecular complexity index is 734. The summed E-state index contributed by atoms with van der Waals surface area (Å²) < 4.78 is 23.2. The topological polar surface area (TPSA) is 52.6 Å². The predicted molar refractivity (Wildman–Crippen MR) is 83.4 cm³/mol. The van der Waals surface area contributed by atoms with Crippen LogP contribution in [0.4, 0.5) is 4.39 Å². The number of para-hydroxylation sites is 1. The van der Waals surface area contributed by atoms with Crippen LogP contribution in [-0.4, -0.2) is 11.9 Å². The summed E-state index contributed by atoms with van der Waals surface area (Å²) in [5.41, 5.74) is 0. The molecule has 2 aromatic rings. The summed E-state index contributed by atoms with van der Waals surface area (Å²) in [5, 5.41) is 0.354. The lowest BCUT2D eigenvalue weighted by atomic mass is 10.3. The van der Waals surface area contributed by atoms with Crippen LogP contribution in [0, 0.1) is 5.82 Å². The third-order valence-corrected chi connectivity index (χ3v) is 3.54. The molecule has 7 heteroatoms. The molecule has 0 aliphatic heterocycles. The van der Waals surface area contributed by atoms with E-state index in [1.165, 1.54) is 24.3 Å². The molecule has 0 aliphatic rings. The van der Waals surface area contributed by atoms with Crippen molar-refractivity contribution < 1.29 is 23.5 Å². The summed E-state index contributed by atoms with van der Waals surface area (Å²) in [7, 11) is 0. The van der Waals surface area contributed by atoms with Crippen LogP contribution in [0.2, 0.25) is 10.0 Å². The molecule has 0 spiro atoms. The van der Waals surface area contributed by atoms with Gasteiger partial charge in [-0.15, -0.1) is 0 Å². The van der Waals surface area contributed by atoms with Gasteiger partial charge in [-0.25, -0.2) is 4.39 Å². The van der Waals surface area contributed by atoms with Gasteiger partial charge in [-0.1, -0.05) is 41.4 Å². The van der Waals surface area contributed by atoms with Crippen LogP contribution < -0.4 is 9.47 Å². The van der Waals surface area contributed by atoms with Crippen molar-refractivity contribution in [3.63, 3.8) is 0 Å². The van der Waals surface area contributed by atoms with Gasteiger partial charge in [-0.05, 0) is 24.3 Å². The first-order chi connectivity index (χ1) is 11.0. The number of hydrogen-bond acceptors (Lipinski definition) is 4. The molecule has 0 N–H and O–H groups in total. The molecule has 2 aromatic carbocycles. The largest absolute Gasteiger partial charge is 0.425 e. The van der Waals surface area contributed by atoms with E-state index in [1.807, 2.05) is 0 Å². The minimum Gasteiger partial charge on any atom is -0.425 e. The number of carbonyl (C=O) groups excluding carboxylic acids is 2. The SMILES string of the molecule is O=C(CCC(=O)Oc1cccc(Cl)c1Cl)Oc1ccccc1F. The molecule has 0 amide bonds. The van der Waals surface area contributed by atoms with E-state index < -0.39 is 17.8 Å². The number of halogens is 3. The average molecular weight is 357 g/mol. The van der Waals surface area contributed by atoms with Crippen molar-refractivity contribution in [1.82, 2.24) is 0 Å². The second-order valence-electron chi connectivity index (χ2n) is 4.43. The third-order valence-electron chi connectivity index (χ3n) is 2.73. The van der Waals surface area contributed by atoms with Gasteiger partial charge in [0.1, 0.15) is 5.02 Å². The van der Waals surface area contributed by atoms with Crippen molar-refractivity contribution in [3.8, 4) is 11.5 Å². The lowest BCUT2D eigenvalue weighted by molar-refractivity contribution is -0.140. The summed E-state index contributed by atoms with van der Waals surface area (Å²) in [6, 6.07) is 10.1. The highest BCUT2D eigenvalue weighted by molar-refractivity contribution is 6.43. The first kappa shape index (κ1) is 17.2. The maximum absolute atomic E-state index is 13.3. The first-order valence-electron chi connectivity index (χ1n) is 6.57. The smallest absolute Gasteiger partial charge is 0.311 e. The second-order valence-corrected chi connectivity index (χ2v) is 5.22. The molecule has 120 valence electrons. The molecular weight excluding hydrogens is 346 g/mol. The van der Waals surface area contributed by atoms with Crippen molar-refractivity contribution in [2.75, 3.05) is 0 Å². The molecule has 0 radical (unpaired) electrons. The predicted octanol–water partition coefficient (Wildman–Crippen LogP) is 4.42. The van der Waals surface area contributed by atoms with Gasteiger partial charge in [0.05, 0.1) is 17.9 Å². The highest BCUT2D eigenvalue weighted by Crippen LogP contribution is 2.31. The molecule has 0 unspecified atom stereocenters. The molecule has 0 aromatic heterocycles. The molecular formula is C16H11Cl2FO4. The maximum Gasteiger partial charge on any atom is 0.311 e. The Hall–Kier alpha value is -2.11. The molecule has 0 heterocycles. The summed E-state index contributed by atoms with van der Waals surface area (Å²) in [6.45, 7) is 0. The number of carbonyl (C=O) groups is 2. The summed E-state index contributed by atoms with van der Waals surface area (Å²) >= 11 is 11.7. The zero-order valence-corrected chi connectivity index (χ0v) is 13.2. The number of rotatable bonds is 5. The van der Waals surface area contributed by atoms with Crippen molar-refractivity contribution in [1.29, 1.82) is 0 Å². The Kier molecular flexibility index (Phi) is 5.96. The monoisotopic (exact) mass is 356 g/mol. The van der Waals surface area contributed by atoms with E-state index in [2.05, 4.69) is 0 Å². The van der Waals surface area contributed by atoms with Gasteiger partial charge in [0.25, 0.3) is 0 Å². The first-order valence-corrected chi connectivity index (χ1v) is 7.33. The third kappa shape index (κ3) is 4.94. The molecule has 4 nitrogen and oxygen atoms in total. The highest BCUT2D eigenvalue weighted by Gasteiger charge is 2.14.